The first-order chi connectivity index (χ1) is 11.8. The van der Waals surface area contributed by atoms with Crippen LogP contribution in [-0.4, -0.2) is 61.1 Å². The van der Waals surface area contributed by atoms with E-state index in [9.17, 15) is 4.79 Å². The van der Waals surface area contributed by atoms with Crippen molar-refractivity contribution in [3.63, 3.8) is 0 Å². The Hall–Kier alpha value is -1.39. The number of amides is 1. The zero-order chi connectivity index (χ0) is 16.4. The minimum atomic E-state index is 0.293. The van der Waals surface area contributed by atoms with Crippen molar-refractivity contribution >= 4 is 5.91 Å². The second-order valence-corrected chi connectivity index (χ2v) is 7.66. The molecule has 130 valence electrons. The Labute approximate surface area is 144 Å². The number of hydrogen-bond acceptors (Lipinski definition) is 3. The van der Waals surface area contributed by atoms with Crippen molar-refractivity contribution in [2.45, 2.75) is 31.8 Å². The van der Waals surface area contributed by atoms with Gasteiger partial charge in [0.2, 0.25) is 5.91 Å². The fraction of sp³-hybridized carbons (Fsp3) is 0.650. The molecule has 0 saturated carbocycles. The molecule has 1 aromatic rings. The average Bonchev–Trinajstić information content (AvgIpc) is 3.25. The lowest BCUT2D eigenvalue weighted by Crippen LogP contribution is -2.43. The standard InChI is InChI=1S/C20H28N2O2/c23-20(11-16-5-2-1-3-6-16)22-13-17-8-9-21(12-18(17)14-22)15-19-7-4-10-24-19/h1-3,5-6,17-19H,4,7-15H2/t17-,18+,19?/m1/s1. The van der Waals surface area contributed by atoms with Gasteiger partial charge in [-0.05, 0) is 43.2 Å². The van der Waals surface area contributed by atoms with E-state index in [0.717, 1.165) is 38.3 Å². The van der Waals surface area contributed by atoms with Crippen LogP contribution in [0.5, 0.6) is 0 Å². The van der Waals surface area contributed by atoms with Crippen LogP contribution in [0.2, 0.25) is 0 Å². The third kappa shape index (κ3) is 3.65. The van der Waals surface area contributed by atoms with Gasteiger partial charge in [-0.2, -0.15) is 0 Å². The highest BCUT2D eigenvalue weighted by Crippen LogP contribution is 2.32. The van der Waals surface area contributed by atoms with Crippen LogP contribution in [0.4, 0.5) is 0 Å². The lowest BCUT2D eigenvalue weighted by molar-refractivity contribution is -0.129. The summed E-state index contributed by atoms with van der Waals surface area (Å²) in [6.07, 6.45) is 4.64. The zero-order valence-electron chi connectivity index (χ0n) is 14.4. The number of carbonyl (C=O) groups is 1. The third-order valence-electron chi connectivity index (χ3n) is 5.92. The van der Waals surface area contributed by atoms with E-state index >= 15 is 0 Å². The Bertz CT molecular complexity index is 556. The molecule has 3 fully saturated rings. The van der Waals surface area contributed by atoms with E-state index in [1.165, 1.54) is 25.8 Å². The molecule has 3 atom stereocenters. The molecule has 1 aromatic carbocycles. The molecule has 0 aromatic heterocycles. The lowest BCUT2D eigenvalue weighted by atomic mass is 9.88. The summed E-state index contributed by atoms with van der Waals surface area (Å²) in [7, 11) is 0. The zero-order valence-corrected chi connectivity index (χ0v) is 14.4. The van der Waals surface area contributed by atoms with E-state index in [4.69, 9.17) is 4.74 Å². The molecule has 0 bridgehead atoms. The molecule has 4 heteroatoms. The Morgan fingerprint density at radius 2 is 1.92 bits per heavy atom. The van der Waals surface area contributed by atoms with Crippen molar-refractivity contribution in [2.24, 2.45) is 11.8 Å². The van der Waals surface area contributed by atoms with Crippen LogP contribution in [0, 0.1) is 11.8 Å². The molecule has 0 spiro atoms. The van der Waals surface area contributed by atoms with Gasteiger partial charge >= 0.3 is 0 Å². The summed E-state index contributed by atoms with van der Waals surface area (Å²) in [4.78, 5) is 17.3. The summed E-state index contributed by atoms with van der Waals surface area (Å²) in [5.74, 6) is 1.65. The highest BCUT2D eigenvalue weighted by atomic mass is 16.5. The molecule has 3 aliphatic rings. The molecule has 0 aliphatic carbocycles. The van der Waals surface area contributed by atoms with E-state index in [0.29, 0.717) is 30.3 Å². The van der Waals surface area contributed by atoms with Gasteiger partial charge in [-0.3, -0.25) is 4.79 Å². The predicted octanol–water partition coefficient (Wildman–Crippen LogP) is 2.19. The van der Waals surface area contributed by atoms with Gasteiger partial charge in [0, 0.05) is 32.8 Å². The van der Waals surface area contributed by atoms with Gasteiger partial charge in [0.1, 0.15) is 0 Å². The van der Waals surface area contributed by atoms with E-state index in [1.54, 1.807) is 0 Å². The second kappa shape index (κ2) is 7.24. The molecule has 0 N–H and O–H groups in total. The molecule has 24 heavy (non-hydrogen) atoms. The largest absolute Gasteiger partial charge is 0.377 e. The maximum absolute atomic E-state index is 12.6. The topological polar surface area (TPSA) is 32.8 Å². The molecule has 3 heterocycles. The molecular weight excluding hydrogens is 300 g/mol. The fourth-order valence-electron chi connectivity index (χ4n) is 4.57. The van der Waals surface area contributed by atoms with Gasteiger partial charge in [0.05, 0.1) is 12.5 Å². The highest BCUT2D eigenvalue weighted by Gasteiger charge is 2.39. The molecular formula is C20H28N2O2. The first kappa shape index (κ1) is 16.1. The molecule has 0 radical (unpaired) electrons. The third-order valence-corrected chi connectivity index (χ3v) is 5.92. The highest BCUT2D eigenvalue weighted by molar-refractivity contribution is 5.79. The van der Waals surface area contributed by atoms with E-state index < -0.39 is 0 Å². The minimum absolute atomic E-state index is 0.293. The van der Waals surface area contributed by atoms with Crippen molar-refractivity contribution in [3.05, 3.63) is 35.9 Å². The van der Waals surface area contributed by atoms with Gasteiger partial charge in [-0.25, -0.2) is 0 Å². The van der Waals surface area contributed by atoms with Crippen molar-refractivity contribution in [1.82, 2.24) is 9.80 Å². The normalized spacial score (nSPS) is 30.5. The predicted molar refractivity (Wildman–Crippen MR) is 93.7 cm³/mol. The van der Waals surface area contributed by atoms with Crippen LogP contribution >= 0.6 is 0 Å². The van der Waals surface area contributed by atoms with Gasteiger partial charge < -0.3 is 14.5 Å². The van der Waals surface area contributed by atoms with Crippen LogP contribution in [0.1, 0.15) is 24.8 Å². The minimum Gasteiger partial charge on any atom is -0.377 e. The van der Waals surface area contributed by atoms with Gasteiger partial charge in [-0.1, -0.05) is 30.3 Å². The number of ether oxygens (including phenoxy) is 1. The Morgan fingerprint density at radius 1 is 1.08 bits per heavy atom. The van der Waals surface area contributed by atoms with Crippen LogP contribution in [0.3, 0.4) is 0 Å². The maximum atomic E-state index is 12.6. The number of likely N-dealkylation sites (tertiary alicyclic amines) is 2. The molecule has 4 nitrogen and oxygen atoms in total. The molecule has 4 rings (SSSR count). The monoisotopic (exact) mass is 328 g/mol. The quantitative estimate of drug-likeness (QED) is 0.849. The summed E-state index contributed by atoms with van der Waals surface area (Å²) in [5.41, 5.74) is 1.12. The molecule has 3 saturated heterocycles. The van der Waals surface area contributed by atoms with Crippen LogP contribution in [-0.2, 0) is 16.0 Å². The van der Waals surface area contributed by atoms with Crippen molar-refractivity contribution in [1.29, 1.82) is 0 Å². The molecule has 1 unspecified atom stereocenters. The van der Waals surface area contributed by atoms with Crippen LogP contribution in [0.15, 0.2) is 30.3 Å². The summed E-state index contributed by atoms with van der Waals surface area (Å²) in [5, 5.41) is 0. The van der Waals surface area contributed by atoms with E-state index in [1.807, 2.05) is 30.3 Å². The summed E-state index contributed by atoms with van der Waals surface area (Å²) >= 11 is 0. The average molecular weight is 328 g/mol. The number of nitrogens with zero attached hydrogens (tertiary/aromatic N) is 2. The SMILES string of the molecule is O=C(Cc1ccccc1)N1C[C@H]2CCN(CC3CCCO3)C[C@H]2C1. The fourth-order valence-corrected chi connectivity index (χ4v) is 4.57. The number of benzene rings is 1. The molecule has 3 aliphatic heterocycles. The van der Waals surface area contributed by atoms with E-state index in [2.05, 4.69) is 9.80 Å². The van der Waals surface area contributed by atoms with Gasteiger partial charge in [0.25, 0.3) is 0 Å². The Morgan fingerprint density at radius 3 is 2.71 bits per heavy atom. The van der Waals surface area contributed by atoms with Crippen LogP contribution < -0.4 is 0 Å². The Balaban J connectivity index is 1.30. The van der Waals surface area contributed by atoms with E-state index in [-0.39, 0.29) is 0 Å². The molecule has 1 amide bonds. The number of fused-ring (bicyclic) bond motifs is 1. The first-order valence-corrected chi connectivity index (χ1v) is 9.43. The Kier molecular flexibility index (Phi) is 4.86. The van der Waals surface area contributed by atoms with Crippen LogP contribution in [0.25, 0.3) is 0 Å². The van der Waals surface area contributed by atoms with Crippen molar-refractivity contribution < 1.29 is 9.53 Å². The van der Waals surface area contributed by atoms with Gasteiger partial charge in [-0.15, -0.1) is 0 Å². The van der Waals surface area contributed by atoms with Crippen molar-refractivity contribution in [2.75, 3.05) is 39.3 Å². The number of rotatable bonds is 4. The number of carbonyl (C=O) groups excluding carboxylic acids is 1. The summed E-state index contributed by atoms with van der Waals surface area (Å²) in [6.45, 7) is 6.23. The number of hydrogen-bond donors (Lipinski definition) is 0. The van der Waals surface area contributed by atoms with Crippen molar-refractivity contribution in [3.8, 4) is 0 Å². The number of piperidine rings is 1. The first-order valence-electron chi connectivity index (χ1n) is 9.43. The summed E-state index contributed by atoms with van der Waals surface area (Å²) < 4.78 is 5.79. The lowest BCUT2D eigenvalue weighted by Gasteiger charge is -2.35. The maximum Gasteiger partial charge on any atom is 0.227 e. The smallest absolute Gasteiger partial charge is 0.227 e. The van der Waals surface area contributed by atoms with Gasteiger partial charge in [0.15, 0.2) is 0 Å². The summed E-state index contributed by atoms with van der Waals surface area (Å²) in [6, 6.07) is 10.1. The second-order valence-electron chi connectivity index (χ2n) is 7.66.